The number of methoxy groups -OCH3 is 1. The fraction of sp³-hybridized carbons (Fsp3) is 0.115. The fourth-order valence-electron chi connectivity index (χ4n) is 3.40. The predicted octanol–water partition coefficient (Wildman–Crippen LogP) is 6.70. The molecule has 0 bridgehead atoms. The van der Waals surface area contributed by atoms with Crippen molar-refractivity contribution in [2.45, 2.75) is 17.5 Å². The molecule has 0 aliphatic rings. The van der Waals surface area contributed by atoms with Crippen LogP contribution < -0.4 is 4.74 Å². The van der Waals surface area contributed by atoms with E-state index in [1.54, 1.807) is 18.9 Å². The van der Waals surface area contributed by atoms with Crippen LogP contribution in [-0.4, -0.2) is 16.7 Å². The van der Waals surface area contributed by atoms with E-state index < -0.39 is 0 Å². The van der Waals surface area contributed by atoms with E-state index >= 15 is 0 Å². The van der Waals surface area contributed by atoms with Gasteiger partial charge in [0.15, 0.2) is 5.16 Å². The highest BCUT2D eigenvalue weighted by molar-refractivity contribution is 7.98. The molecule has 0 spiro atoms. The zero-order chi connectivity index (χ0) is 20.8. The first-order chi connectivity index (χ1) is 14.8. The Balaban J connectivity index is 1.75. The van der Waals surface area contributed by atoms with E-state index in [1.807, 2.05) is 30.3 Å². The summed E-state index contributed by atoms with van der Waals surface area (Å²) in [6.07, 6.45) is 1.93. The average molecular weight is 413 g/mol. The highest BCUT2D eigenvalue weighted by Crippen LogP contribution is 2.36. The monoisotopic (exact) mass is 412 g/mol. The molecular formula is C26H24N2OS. The summed E-state index contributed by atoms with van der Waals surface area (Å²) < 4.78 is 7.53. The standard InChI is InChI=1S/C26H24N2OS/c1-3-18-28-25(22-12-8-5-9-13-22)24(21-10-6-4-7-11-21)27-26(28)30-19-20-14-16-23(29-2)17-15-20/h3-17H,1,18-19H2,2H3. The molecule has 0 unspecified atom stereocenters. The summed E-state index contributed by atoms with van der Waals surface area (Å²) in [4.78, 5) is 5.08. The SMILES string of the molecule is C=CCn1c(SCc2ccc(OC)cc2)nc(-c2ccccc2)c1-c1ccccc1. The number of aromatic nitrogens is 2. The van der Waals surface area contributed by atoms with E-state index in [1.165, 1.54) is 5.56 Å². The van der Waals surface area contributed by atoms with Gasteiger partial charge in [-0.25, -0.2) is 4.98 Å². The molecule has 1 heterocycles. The Hall–Kier alpha value is -3.24. The van der Waals surface area contributed by atoms with Crippen molar-refractivity contribution in [3.8, 4) is 28.3 Å². The molecular weight excluding hydrogens is 388 g/mol. The predicted molar refractivity (Wildman–Crippen MR) is 126 cm³/mol. The lowest BCUT2D eigenvalue weighted by Gasteiger charge is -2.11. The summed E-state index contributed by atoms with van der Waals surface area (Å²) in [7, 11) is 1.69. The van der Waals surface area contributed by atoms with Gasteiger partial charge in [-0.1, -0.05) is 90.6 Å². The Morgan fingerprint density at radius 1 is 0.900 bits per heavy atom. The molecule has 30 heavy (non-hydrogen) atoms. The van der Waals surface area contributed by atoms with Gasteiger partial charge in [-0.3, -0.25) is 0 Å². The fourth-order valence-corrected chi connectivity index (χ4v) is 4.36. The maximum absolute atomic E-state index is 5.27. The summed E-state index contributed by atoms with van der Waals surface area (Å²) >= 11 is 1.74. The van der Waals surface area contributed by atoms with Crippen LogP contribution in [0.15, 0.2) is 103 Å². The molecule has 0 radical (unpaired) electrons. The van der Waals surface area contributed by atoms with Gasteiger partial charge in [0.1, 0.15) is 5.75 Å². The van der Waals surface area contributed by atoms with Crippen LogP contribution in [0.2, 0.25) is 0 Å². The first-order valence-corrected chi connectivity index (χ1v) is 10.9. The van der Waals surface area contributed by atoms with Gasteiger partial charge in [0.25, 0.3) is 0 Å². The van der Waals surface area contributed by atoms with Gasteiger partial charge in [-0.15, -0.1) is 6.58 Å². The molecule has 150 valence electrons. The van der Waals surface area contributed by atoms with Crippen LogP contribution in [0.25, 0.3) is 22.5 Å². The van der Waals surface area contributed by atoms with Crippen LogP contribution in [0, 0.1) is 0 Å². The van der Waals surface area contributed by atoms with Crippen molar-refractivity contribution in [3.05, 3.63) is 103 Å². The Morgan fingerprint density at radius 3 is 2.13 bits per heavy atom. The number of thioether (sulfide) groups is 1. The van der Waals surface area contributed by atoms with Crippen molar-refractivity contribution in [1.82, 2.24) is 9.55 Å². The van der Waals surface area contributed by atoms with Crippen molar-refractivity contribution in [1.29, 1.82) is 0 Å². The number of imidazole rings is 1. The quantitative estimate of drug-likeness (QED) is 0.238. The normalized spacial score (nSPS) is 10.7. The van der Waals surface area contributed by atoms with E-state index in [9.17, 15) is 0 Å². The zero-order valence-electron chi connectivity index (χ0n) is 17.0. The lowest BCUT2D eigenvalue weighted by atomic mass is 10.0. The van der Waals surface area contributed by atoms with Crippen LogP contribution in [0.1, 0.15) is 5.56 Å². The van der Waals surface area contributed by atoms with Gasteiger partial charge >= 0.3 is 0 Å². The van der Waals surface area contributed by atoms with Crippen molar-refractivity contribution in [2.75, 3.05) is 7.11 Å². The third kappa shape index (κ3) is 4.34. The summed E-state index contributed by atoms with van der Waals surface area (Å²) in [5.41, 5.74) is 5.63. The van der Waals surface area contributed by atoms with Crippen molar-refractivity contribution in [2.24, 2.45) is 0 Å². The second-order valence-corrected chi connectivity index (χ2v) is 7.80. The van der Waals surface area contributed by atoms with Gasteiger partial charge in [0.05, 0.1) is 18.5 Å². The van der Waals surface area contributed by atoms with Crippen molar-refractivity contribution in [3.63, 3.8) is 0 Å². The number of hydrogen-bond donors (Lipinski definition) is 0. The molecule has 4 rings (SSSR count). The smallest absolute Gasteiger partial charge is 0.169 e. The van der Waals surface area contributed by atoms with Gasteiger partial charge in [-0.2, -0.15) is 0 Å². The first-order valence-electron chi connectivity index (χ1n) is 9.88. The van der Waals surface area contributed by atoms with Crippen LogP contribution in [0.4, 0.5) is 0 Å². The minimum absolute atomic E-state index is 0.703. The number of benzene rings is 3. The molecule has 0 atom stereocenters. The van der Waals surface area contributed by atoms with Gasteiger partial charge < -0.3 is 9.30 Å². The Labute approximate surface area is 182 Å². The van der Waals surface area contributed by atoms with Crippen LogP contribution in [-0.2, 0) is 12.3 Å². The molecule has 0 amide bonds. The van der Waals surface area contributed by atoms with E-state index in [0.717, 1.165) is 39.2 Å². The van der Waals surface area contributed by atoms with Crippen LogP contribution in [0.5, 0.6) is 5.75 Å². The number of ether oxygens (including phenoxy) is 1. The molecule has 0 aliphatic heterocycles. The van der Waals surface area contributed by atoms with E-state index in [-0.39, 0.29) is 0 Å². The highest BCUT2D eigenvalue weighted by Gasteiger charge is 2.19. The average Bonchev–Trinajstić information content (AvgIpc) is 3.17. The Kier molecular flexibility index (Phi) is 6.35. The minimum Gasteiger partial charge on any atom is -0.497 e. The number of allylic oxidation sites excluding steroid dienone is 1. The summed E-state index contributed by atoms with van der Waals surface area (Å²) in [6, 6.07) is 29.0. The van der Waals surface area contributed by atoms with Crippen molar-refractivity contribution >= 4 is 11.8 Å². The third-order valence-corrected chi connectivity index (χ3v) is 5.91. The largest absolute Gasteiger partial charge is 0.497 e. The van der Waals surface area contributed by atoms with Gasteiger partial charge in [-0.05, 0) is 17.7 Å². The topological polar surface area (TPSA) is 27.1 Å². The number of nitrogens with zero attached hydrogens (tertiary/aromatic N) is 2. The molecule has 0 fully saturated rings. The maximum Gasteiger partial charge on any atom is 0.169 e. The zero-order valence-corrected chi connectivity index (χ0v) is 17.8. The molecule has 0 saturated heterocycles. The number of hydrogen-bond acceptors (Lipinski definition) is 3. The molecule has 0 N–H and O–H groups in total. The Morgan fingerprint density at radius 2 is 1.53 bits per heavy atom. The molecule has 3 nitrogen and oxygen atoms in total. The molecule has 0 aliphatic carbocycles. The summed E-state index contributed by atoms with van der Waals surface area (Å²) in [5, 5.41) is 0.989. The van der Waals surface area contributed by atoms with Gasteiger partial charge in [0.2, 0.25) is 0 Å². The molecule has 1 aromatic heterocycles. The lowest BCUT2D eigenvalue weighted by Crippen LogP contribution is -2.00. The lowest BCUT2D eigenvalue weighted by molar-refractivity contribution is 0.414. The molecule has 3 aromatic carbocycles. The van der Waals surface area contributed by atoms with Crippen LogP contribution in [0.3, 0.4) is 0 Å². The molecule has 4 aromatic rings. The first kappa shape index (κ1) is 20.0. The Bertz CT molecular complexity index is 1100. The maximum atomic E-state index is 5.27. The summed E-state index contributed by atoms with van der Waals surface area (Å²) in [6.45, 7) is 4.68. The summed E-state index contributed by atoms with van der Waals surface area (Å²) in [5.74, 6) is 1.70. The van der Waals surface area contributed by atoms with E-state index in [2.05, 4.69) is 71.8 Å². The van der Waals surface area contributed by atoms with E-state index in [4.69, 9.17) is 9.72 Å². The van der Waals surface area contributed by atoms with Crippen LogP contribution >= 0.6 is 11.8 Å². The van der Waals surface area contributed by atoms with Crippen molar-refractivity contribution < 1.29 is 4.74 Å². The third-order valence-electron chi connectivity index (χ3n) is 4.87. The van der Waals surface area contributed by atoms with Gasteiger partial charge in [0, 0.05) is 23.4 Å². The second kappa shape index (κ2) is 9.51. The minimum atomic E-state index is 0.703. The second-order valence-electron chi connectivity index (χ2n) is 6.86. The van der Waals surface area contributed by atoms with E-state index in [0.29, 0.717) is 6.54 Å². The molecule has 4 heteroatoms. The highest BCUT2D eigenvalue weighted by atomic mass is 32.2. The number of rotatable bonds is 8. The molecule has 0 saturated carbocycles.